The van der Waals surface area contributed by atoms with Gasteiger partial charge in [0.15, 0.2) is 5.13 Å². The Kier molecular flexibility index (Phi) is 6.58. The van der Waals surface area contributed by atoms with Crippen molar-refractivity contribution in [3.8, 4) is 11.3 Å². The molecule has 0 N–H and O–H groups in total. The Hall–Kier alpha value is -1.20. The average Bonchev–Trinajstić information content (AvgIpc) is 3.00. The second kappa shape index (κ2) is 8.44. The summed E-state index contributed by atoms with van der Waals surface area (Å²) >= 11 is 5.02. The minimum absolute atomic E-state index is 0.179. The molecule has 0 unspecified atom stereocenters. The highest BCUT2D eigenvalue weighted by Crippen LogP contribution is 2.29. The molecule has 2 aromatic rings. The highest BCUT2D eigenvalue weighted by atomic mass is 79.9. The number of rotatable bonds is 7. The third kappa shape index (κ3) is 4.40. The maximum absolute atomic E-state index is 12.4. The zero-order chi connectivity index (χ0) is 15.9. The second-order valence-electron chi connectivity index (χ2n) is 5.17. The smallest absolute Gasteiger partial charge is 0.228 e. The van der Waals surface area contributed by atoms with Crippen molar-refractivity contribution in [2.24, 2.45) is 0 Å². The van der Waals surface area contributed by atoms with Crippen molar-refractivity contribution in [3.05, 3.63) is 34.1 Å². The molecule has 1 amide bonds. The molecule has 3 nitrogen and oxygen atoms in total. The van der Waals surface area contributed by atoms with E-state index in [4.69, 9.17) is 0 Å². The summed E-state index contributed by atoms with van der Waals surface area (Å²) < 4.78 is 1.03. The lowest BCUT2D eigenvalue weighted by Crippen LogP contribution is -2.31. The molecule has 2 rings (SSSR count). The van der Waals surface area contributed by atoms with Crippen LogP contribution < -0.4 is 4.90 Å². The molecule has 0 radical (unpaired) electrons. The summed E-state index contributed by atoms with van der Waals surface area (Å²) in [6.07, 6.45) is 3.50. The Morgan fingerprint density at radius 3 is 2.82 bits per heavy atom. The quantitative estimate of drug-likeness (QED) is 0.634. The minimum atomic E-state index is 0.179. The Morgan fingerprint density at radius 1 is 1.32 bits per heavy atom. The first-order chi connectivity index (χ1) is 10.7. The van der Waals surface area contributed by atoms with Gasteiger partial charge >= 0.3 is 0 Å². The van der Waals surface area contributed by atoms with E-state index < -0.39 is 0 Å². The van der Waals surface area contributed by atoms with E-state index in [1.165, 1.54) is 11.3 Å². The summed E-state index contributed by atoms with van der Waals surface area (Å²) in [5.74, 6) is 0.179. The van der Waals surface area contributed by atoms with Gasteiger partial charge in [0.1, 0.15) is 0 Å². The van der Waals surface area contributed by atoms with Gasteiger partial charge in [-0.1, -0.05) is 48.3 Å². The second-order valence-corrected chi connectivity index (χ2v) is 6.93. The monoisotopic (exact) mass is 380 g/mol. The van der Waals surface area contributed by atoms with Crippen LogP contribution in [0, 0.1) is 0 Å². The molecule has 22 heavy (non-hydrogen) atoms. The van der Waals surface area contributed by atoms with Gasteiger partial charge in [-0.15, -0.1) is 11.3 Å². The van der Waals surface area contributed by atoms with Crippen molar-refractivity contribution >= 4 is 38.3 Å². The predicted molar refractivity (Wildman–Crippen MR) is 97.4 cm³/mol. The van der Waals surface area contributed by atoms with Crippen molar-refractivity contribution in [1.29, 1.82) is 0 Å². The number of thiazole rings is 1. The Balaban J connectivity index is 2.21. The summed E-state index contributed by atoms with van der Waals surface area (Å²) in [5.41, 5.74) is 1.99. The van der Waals surface area contributed by atoms with E-state index in [2.05, 4.69) is 34.8 Å². The molecule has 0 spiro atoms. The van der Waals surface area contributed by atoms with Gasteiger partial charge < -0.3 is 0 Å². The van der Waals surface area contributed by atoms with Crippen LogP contribution >= 0.6 is 27.3 Å². The molecule has 0 aliphatic rings. The summed E-state index contributed by atoms with van der Waals surface area (Å²) in [7, 11) is 0. The molecule has 1 aromatic heterocycles. The minimum Gasteiger partial charge on any atom is -0.288 e. The van der Waals surface area contributed by atoms with Crippen LogP contribution in [0.4, 0.5) is 5.13 Å². The van der Waals surface area contributed by atoms with E-state index >= 15 is 0 Å². The largest absolute Gasteiger partial charge is 0.288 e. The number of anilines is 1. The zero-order valence-corrected chi connectivity index (χ0v) is 15.4. The van der Waals surface area contributed by atoms with Gasteiger partial charge in [-0.25, -0.2) is 4.98 Å². The number of benzene rings is 1. The molecule has 0 aliphatic carbocycles. The lowest BCUT2D eigenvalue weighted by atomic mass is 10.2. The topological polar surface area (TPSA) is 33.2 Å². The maximum atomic E-state index is 12.4. The molecule has 0 atom stereocenters. The van der Waals surface area contributed by atoms with Crippen LogP contribution in [-0.4, -0.2) is 17.4 Å². The van der Waals surface area contributed by atoms with E-state index in [0.29, 0.717) is 6.42 Å². The SMILES string of the molecule is CCCCC(=O)N(CCC)c1nc(-c2cccc(Br)c2)cs1. The number of hydrogen-bond acceptors (Lipinski definition) is 3. The van der Waals surface area contributed by atoms with Crippen LogP contribution in [-0.2, 0) is 4.79 Å². The number of aromatic nitrogens is 1. The van der Waals surface area contributed by atoms with Gasteiger partial charge in [0, 0.05) is 28.4 Å². The van der Waals surface area contributed by atoms with Gasteiger partial charge in [-0.05, 0) is 25.0 Å². The zero-order valence-electron chi connectivity index (χ0n) is 13.0. The third-order valence-corrected chi connectivity index (χ3v) is 4.69. The fourth-order valence-corrected chi connectivity index (χ4v) is 3.46. The molecule has 5 heteroatoms. The molecular weight excluding hydrogens is 360 g/mol. The van der Waals surface area contributed by atoms with Crippen LogP contribution in [0.25, 0.3) is 11.3 Å². The molecule has 1 aromatic carbocycles. The molecule has 118 valence electrons. The van der Waals surface area contributed by atoms with E-state index in [9.17, 15) is 4.79 Å². The third-order valence-electron chi connectivity index (χ3n) is 3.34. The van der Waals surface area contributed by atoms with Gasteiger partial charge in [0.05, 0.1) is 5.69 Å². The number of unbranched alkanes of at least 4 members (excludes halogenated alkanes) is 1. The first-order valence-corrected chi connectivity index (χ1v) is 9.34. The Labute approximate surface area is 144 Å². The summed E-state index contributed by atoms with van der Waals surface area (Å²) in [6.45, 7) is 4.92. The van der Waals surface area contributed by atoms with Crippen LogP contribution in [0.15, 0.2) is 34.1 Å². The molecule has 0 aliphatic heterocycles. The molecule has 1 heterocycles. The fraction of sp³-hybridized carbons (Fsp3) is 0.412. The van der Waals surface area contributed by atoms with Crippen LogP contribution in [0.2, 0.25) is 0 Å². The number of carbonyl (C=O) groups is 1. The average molecular weight is 381 g/mol. The molecule has 0 saturated heterocycles. The number of hydrogen-bond donors (Lipinski definition) is 0. The lowest BCUT2D eigenvalue weighted by molar-refractivity contribution is -0.118. The fourth-order valence-electron chi connectivity index (χ4n) is 2.18. The van der Waals surface area contributed by atoms with E-state index in [1.807, 2.05) is 34.5 Å². The molecule has 0 fully saturated rings. The number of nitrogens with zero attached hydrogens (tertiary/aromatic N) is 2. The van der Waals surface area contributed by atoms with E-state index in [1.54, 1.807) is 0 Å². The van der Waals surface area contributed by atoms with E-state index in [0.717, 1.165) is 46.7 Å². The van der Waals surface area contributed by atoms with Crippen LogP contribution in [0.5, 0.6) is 0 Å². The summed E-state index contributed by atoms with van der Waals surface area (Å²) in [4.78, 5) is 18.9. The number of amides is 1. The summed E-state index contributed by atoms with van der Waals surface area (Å²) in [6, 6.07) is 8.07. The predicted octanol–water partition coefficient (Wildman–Crippen LogP) is 5.51. The van der Waals surface area contributed by atoms with Crippen molar-refractivity contribution in [2.75, 3.05) is 11.4 Å². The first kappa shape index (κ1) is 17.2. The van der Waals surface area contributed by atoms with Crippen molar-refractivity contribution in [2.45, 2.75) is 39.5 Å². The number of carbonyl (C=O) groups excluding carboxylic acids is 1. The van der Waals surface area contributed by atoms with Gasteiger partial charge in [-0.3, -0.25) is 9.69 Å². The number of halogens is 1. The van der Waals surface area contributed by atoms with E-state index in [-0.39, 0.29) is 5.91 Å². The van der Waals surface area contributed by atoms with Crippen molar-refractivity contribution in [3.63, 3.8) is 0 Å². The lowest BCUT2D eigenvalue weighted by Gasteiger charge is -2.18. The highest BCUT2D eigenvalue weighted by molar-refractivity contribution is 9.10. The molecule has 0 bridgehead atoms. The Morgan fingerprint density at radius 2 is 2.14 bits per heavy atom. The van der Waals surface area contributed by atoms with Crippen LogP contribution in [0.3, 0.4) is 0 Å². The van der Waals surface area contributed by atoms with Gasteiger partial charge in [0.2, 0.25) is 5.91 Å². The van der Waals surface area contributed by atoms with Gasteiger partial charge in [-0.2, -0.15) is 0 Å². The highest BCUT2D eigenvalue weighted by Gasteiger charge is 2.18. The normalized spacial score (nSPS) is 10.7. The van der Waals surface area contributed by atoms with Gasteiger partial charge in [0.25, 0.3) is 0 Å². The molecular formula is C17H21BrN2OS. The standard InChI is InChI=1S/C17H21BrN2OS/c1-3-5-9-16(21)20(10-4-2)17-19-15(12-22-17)13-7-6-8-14(18)11-13/h6-8,11-12H,3-5,9-10H2,1-2H3. The van der Waals surface area contributed by atoms with Crippen molar-refractivity contribution < 1.29 is 4.79 Å². The molecule has 0 saturated carbocycles. The maximum Gasteiger partial charge on any atom is 0.228 e. The van der Waals surface area contributed by atoms with Crippen molar-refractivity contribution in [1.82, 2.24) is 4.98 Å². The summed E-state index contributed by atoms with van der Waals surface area (Å²) in [5, 5.41) is 2.82. The van der Waals surface area contributed by atoms with Crippen LogP contribution in [0.1, 0.15) is 39.5 Å². The Bertz CT molecular complexity index is 627. The first-order valence-electron chi connectivity index (χ1n) is 7.67.